The van der Waals surface area contributed by atoms with Crippen molar-refractivity contribution < 1.29 is 14.3 Å². The highest BCUT2D eigenvalue weighted by molar-refractivity contribution is 5.93. The van der Waals surface area contributed by atoms with Crippen LogP contribution in [0.2, 0.25) is 0 Å². The predicted octanol–water partition coefficient (Wildman–Crippen LogP) is 4.19. The van der Waals surface area contributed by atoms with Gasteiger partial charge in [0.2, 0.25) is 5.91 Å². The largest absolute Gasteiger partial charge is 0.490 e. The van der Waals surface area contributed by atoms with Gasteiger partial charge in [-0.3, -0.25) is 9.69 Å². The molecule has 1 amide bonds. The molecular weight excluding hydrogens is 352 g/mol. The number of carbonyl (C=O) groups is 1. The Labute approximate surface area is 166 Å². The summed E-state index contributed by atoms with van der Waals surface area (Å²) in [5.74, 6) is 1.69. The molecule has 0 bridgehead atoms. The standard InChI is InChI=1S/C23H28N2O3/c1-2-17-7-3-4-8-19(17)24-23(26)16-25-12-5-9-20(25)18-10-11-21-22(15-18)28-14-6-13-27-21/h3-4,7-8,10-11,15,20H,2,5-6,9,12-14,16H2,1H3,(H,24,26). The molecule has 2 aliphatic heterocycles. The number of para-hydroxylation sites is 1. The summed E-state index contributed by atoms with van der Waals surface area (Å²) in [7, 11) is 0. The van der Waals surface area contributed by atoms with E-state index in [-0.39, 0.29) is 11.9 Å². The van der Waals surface area contributed by atoms with Crippen LogP contribution in [0.1, 0.15) is 43.4 Å². The van der Waals surface area contributed by atoms with Crippen LogP contribution in [0.4, 0.5) is 5.69 Å². The van der Waals surface area contributed by atoms with Gasteiger partial charge in [-0.1, -0.05) is 31.2 Å². The van der Waals surface area contributed by atoms with Crippen molar-refractivity contribution >= 4 is 11.6 Å². The second kappa shape index (κ2) is 8.65. The predicted molar refractivity (Wildman–Crippen MR) is 110 cm³/mol. The van der Waals surface area contributed by atoms with Gasteiger partial charge in [0.1, 0.15) is 0 Å². The van der Waals surface area contributed by atoms with E-state index < -0.39 is 0 Å². The lowest BCUT2D eigenvalue weighted by Gasteiger charge is -2.25. The van der Waals surface area contributed by atoms with Crippen molar-refractivity contribution in [3.8, 4) is 11.5 Å². The molecule has 2 aromatic rings. The average Bonchev–Trinajstić information content (AvgIpc) is 3.03. The van der Waals surface area contributed by atoms with Crippen LogP contribution < -0.4 is 14.8 Å². The van der Waals surface area contributed by atoms with E-state index in [1.807, 2.05) is 24.3 Å². The van der Waals surface area contributed by atoms with Crippen LogP contribution >= 0.6 is 0 Å². The lowest BCUT2D eigenvalue weighted by molar-refractivity contribution is -0.117. The Morgan fingerprint density at radius 1 is 1.11 bits per heavy atom. The maximum Gasteiger partial charge on any atom is 0.238 e. The first kappa shape index (κ1) is 18.8. The molecule has 5 nitrogen and oxygen atoms in total. The molecule has 2 aliphatic rings. The topological polar surface area (TPSA) is 50.8 Å². The zero-order valence-electron chi connectivity index (χ0n) is 16.4. The van der Waals surface area contributed by atoms with Crippen LogP contribution in [0.5, 0.6) is 11.5 Å². The van der Waals surface area contributed by atoms with E-state index in [0.717, 1.165) is 55.0 Å². The first-order valence-corrected chi connectivity index (χ1v) is 10.3. The third kappa shape index (κ3) is 4.14. The Kier molecular flexibility index (Phi) is 5.81. The zero-order chi connectivity index (χ0) is 19.3. The SMILES string of the molecule is CCc1ccccc1NC(=O)CN1CCCC1c1ccc2c(c1)OCCCO2. The molecule has 148 valence electrons. The molecule has 1 unspecified atom stereocenters. The molecule has 0 saturated carbocycles. The normalized spacial score (nSPS) is 19.2. The van der Waals surface area contributed by atoms with Crippen molar-refractivity contribution in [1.29, 1.82) is 0 Å². The summed E-state index contributed by atoms with van der Waals surface area (Å²) >= 11 is 0. The van der Waals surface area contributed by atoms with Gasteiger partial charge in [-0.2, -0.15) is 0 Å². The number of aryl methyl sites for hydroxylation is 1. The van der Waals surface area contributed by atoms with Gasteiger partial charge >= 0.3 is 0 Å². The van der Waals surface area contributed by atoms with Gasteiger partial charge < -0.3 is 14.8 Å². The number of likely N-dealkylation sites (tertiary alicyclic amines) is 1. The van der Waals surface area contributed by atoms with Crippen molar-refractivity contribution in [3.05, 3.63) is 53.6 Å². The molecule has 0 aromatic heterocycles. The van der Waals surface area contributed by atoms with Gasteiger partial charge in [0, 0.05) is 18.2 Å². The molecular formula is C23H28N2O3. The van der Waals surface area contributed by atoms with Crippen LogP contribution in [0, 0.1) is 0 Å². The lowest BCUT2D eigenvalue weighted by atomic mass is 10.0. The minimum Gasteiger partial charge on any atom is -0.490 e. The van der Waals surface area contributed by atoms with Crippen molar-refractivity contribution in [1.82, 2.24) is 4.90 Å². The maximum atomic E-state index is 12.7. The highest BCUT2D eigenvalue weighted by atomic mass is 16.5. The van der Waals surface area contributed by atoms with E-state index in [1.165, 1.54) is 5.56 Å². The summed E-state index contributed by atoms with van der Waals surface area (Å²) in [6, 6.07) is 14.5. The highest BCUT2D eigenvalue weighted by Gasteiger charge is 2.28. The van der Waals surface area contributed by atoms with E-state index in [4.69, 9.17) is 9.47 Å². The number of hydrogen-bond acceptors (Lipinski definition) is 4. The fraction of sp³-hybridized carbons (Fsp3) is 0.435. The molecule has 0 radical (unpaired) electrons. The number of fused-ring (bicyclic) bond motifs is 1. The second-order valence-corrected chi connectivity index (χ2v) is 7.44. The van der Waals surface area contributed by atoms with E-state index in [9.17, 15) is 4.79 Å². The van der Waals surface area contributed by atoms with Gasteiger partial charge in [0.15, 0.2) is 11.5 Å². The summed E-state index contributed by atoms with van der Waals surface area (Å²) in [6.07, 6.45) is 3.95. The van der Waals surface area contributed by atoms with Crippen LogP contribution in [0.3, 0.4) is 0 Å². The smallest absolute Gasteiger partial charge is 0.238 e. The summed E-state index contributed by atoms with van der Waals surface area (Å²) < 4.78 is 11.6. The molecule has 1 N–H and O–H groups in total. The molecule has 0 spiro atoms. The van der Waals surface area contributed by atoms with Gasteiger partial charge in [-0.15, -0.1) is 0 Å². The van der Waals surface area contributed by atoms with Crippen molar-refractivity contribution in [3.63, 3.8) is 0 Å². The van der Waals surface area contributed by atoms with Crippen molar-refractivity contribution in [2.24, 2.45) is 0 Å². The van der Waals surface area contributed by atoms with Crippen LogP contribution in [0.15, 0.2) is 42.5 Å². The molecule has 1 atom stereocenters. The summed E-state index contributed by atoms with van der Waals surface area (Å²) in [4.78, 5) is 15.0. The molecule has 0 aliphatic carbocycles. The van der Waals surface area contributed by atoms with E-state index in [2.05, 4.69) is 35.3 Å². The third-order valence-corrected chi connectivity index (χ3v) is 5.54. The monoisotopic (exact) mass is 380 g/mol. The molecule has 1 saturated heterocycles. The third-order valence-electron chi connectivity index (χ3n) is 5.54. The second-order valence-electron chi connectivity index (χ2n) is 7.44. The molecule has 2 heterocycles. The van der Waals surface area contributed by atoms with Gasteiger partial charge in [-0.05, 0) is 55.1 Å². The number of nitrogens with one attached hydrogen (secondary N) is 1. The number of ether oxygens (including phenoxy) is 2. The molecule has 4 rings (SSSR count). The van der Waals surface area contributed by atoms with Crippen LogP contribution in [0.25, 0.3) is 0 Å². The molecule has 5 heteroatoms. The Bertz CT molecular complexity index is 836. The number of anilines is 1. The first-order valence-electron chi connectivity index (χ1n) is 10.3. The van der Waals surface area contributed by atoms with Crippen molar-refractivity contribution in [2.45, 2.75) is 38.6 Å². The van der Waals surface area contributed by atoms with Crippen LogP contribution in [-0.2, 0) is 11.2 Å². The van der Waals surface area contributed by atoms with Crippen molar-refractivity contribution in [2.75, 3.05) is 31.6 Å². The van der Waals surface area contributed by atoms with Gasteiger partial charge in [-0.25, -0.2) is 0 Å². The number of amides is 1. The first-order chi connectivity index (χ1) is 13.7. The number of rotatable bonds is 5. The fourth-order valence-electron chi connectivity index (χ4n) is 4.10. The summed E-state index contributed by atoms with van der Waals surface area (Å²) in [6.45, 7) is 4.82. The van der Waals surface area contributed by atoms with Gasteiger partial charge in [0.25, 0.3) is 0 Å². The summed E-state index contributed by atoms with van der Waals surface area (Å²) in [5, 5.41) is 3.09. The summed E-state index contributed by atoms with van der Waals surface area (Å²) in [5.41, 5.74) is 3.28. The van der Waals surface area contributed by atoms with Crippen LogP contribution in [-0.4, -0.2) is 37.1 Å². The van der Waals surface area contributed by atoms with E-state index >= 15 is 0 Å². The Morgan fingerprint density at radius 2 is 1.93 bits per heavy atom. The molecule has 28 heavy (non-hydrogen) atoms. The molecule has 1 fully saturated rings. The zero-order valence-corrected chi connectivity index (χ0v) is 16.4. The van der Waals surface area contributed by atoms with E-state index in [0.29, 0.717) is 19.8 Å². The number of benzene rings is 2. The quantitative estimate of drug-likeness (QED) is 0.845. The Balaban J connectivity index is 1.45. The maximum absolute atomic E-state index is 12.7. The minimum atomic E-state index is 0.0437. The lowest BCUT2D eigenvalue weighted by Crippen LogP contribution is -2.33. The number of hydrogen-bond donors (Lipinski definition) is 1. The Hall–Kier alpha value is -2.53. The minimum absolute atomic E-state index is 0.0437. The van der Waals surface area contributed by atoms with Gasteiger partial charge in [0.05, 0.1) is 19.8 Å². The molecule has 2 aromatic carbocycles. The highest BCUT2D eigenvalue weighted by Crippen LogP contribution is 2.37. The van der Waals surface area contributed by atoms with E-state index in [1.54, 1.807) is 0 Å². The number of carbonyl (C=O) groups excluding carboxylic acids is 1. The average molecular weight is 380 g/mol. The number of nitrogens with zero attached hydrogens (tertiary/aromatic N) is 1. The fourth-order valence-corrected chi connectivity index (χ4v) is 4.10. The Morgan fingerprint density at radius 3 is 2.79 bits per heavy atom.